The minimum atomic E-state index is -0.256. The Morgan fingerprint density at radius 2 is 1.37 bits per heavy atom. The van der Waals surface area contributed by atoms with Gasteiger partial charge in [-0.05, 0) is 63.3 Å². The van der Waals surface area contributed by atoms with Gasteiger partial charge in [0, 0.05) is 43.9 Å². The zero-order valence-electron chi connectivity index (χ0n) is 25.4. The van der Waals surface area contributed by atoms with Crippen LogP contribution in [-0.2, 0) is 26.5 Å². The molecule has 0 aliphatic carbocycles. The molecule has 5 heteroatoms. The first-order chi connectivity index (χ1) is 22.0. The molecule has 3 heterocycles. The topological polar surface area (TPSA) is 49.3 Å². The Hall–Kier alpha value is -5.05. The van der Waals surface area contributed by atoms with E-state index in [0.717, 1.165) is 61.7 Å². The maximum atomic E-state index is 11.4. The maximum absolute atomic E-state index is 11.4. The van der Waals surface area contributed by atoms with Crippen LogP contribution in [0.4, 0.5) is 17.2 Å². The Balaban J connectivity index is 0.00000338. The summed E-state index contributed by atoms with van der Waals surface area (Å²) in [6, 6.07) is 49.1. The predicted molar refractivity (Wildman–Crippen MR) is 183 cm³/mol. The number of hydrogen-bond donors (Lipinski definition) is 1. The van der Waals surface area contributed by atoms with Gasteiger partial charge in [-0.15, -0.1) is 23.8 Å². The molecule has 4 nitrogen and oxygen atoms in total. The molecule has 0 saturated heterocycles. The number of benzene rings is 5. The second kappa shape index (κ2) is 11.7. The zero-order chi connectivity index (χ0) is 30.5. The third-order valence-electron chi connectivity index (χ3n) is 8.92. The van der Waals surface area contributed by atoms with Gasteiger partial charge in [-0.3, -0.25) is 4.98 Å². The van der Waals surface area contributed by atoms with Crippen LogP contribution in [0.25, 0.3) is 44.4 Å². The Kier molecular flexibility index (Phi) is 7.55. The first-order valence-corrected chi connectivity index (χ1v) is 15.2. The van der Waals surface area contributed by atoms with Crippen molar-refractivity contribution in [3.8, 4) is 39.3 Å². The molecule has 0 unspecified atom stereocenters. The van der Waals surface area contributed by atoms with E-state index in [0.29, 0.717) is 5.52 Å². The summed E-state index contributed by atoms with van der Waals surface area (Å²) in [6.07, 6.45) is 1.88. The van der Waals surface area contributed by atoms with Crippen molar-refractivity contribution in [3.63, 3.8) is 0 Å². The van der Waals surface area contributed by atoms with E-state index in [9.17, 15) is 5.11 Å². The third-order valence-corrected chi connectivity index (χ3v) is 8.92. The van der Waals surface area contributed by atoms with Crippen molar-refractivity contribution in [2.75, 3.05) is 4.90 Å². The van der Waals surface area contributed by atoms with Crippen molar-refractivity contribution in [2.24, 2.45) is 0 Å². The van der Waals surface area contributed by atoms with E-state index < -0.39 is 0 Å². The number of aromatic hydroxyl groups is 1. The zero-order valence-corrected chi connectivity index (χ0v) is 27.7. The molecule has 0 saturated carbocycles. The van der Waals surface area contributed by atoms with E-state index >= 15 is 0 Å². The van der Waals surface area contributed by atoms with E-state index in [1.54, 1.807) is 0 Å². The number of phenols is 1. The normalized spacial score (nSPS) is 13.0. The third kappa shape index (κ3) is 4.90. The maximum Gasteiger partial charge on any atom is 0.148 e. The van der Waals surface area contributed by atoms with Crippen molar-refractivity contribution in [1.82, 2.24) is 9.97 Å². The van der Waals surface area contributed by atoms with E-state index in [1.807, 2.05) is 66.9 Å². The number of aromatic nitrogens is 2. The van der Waals surface area contributed by atoms with Gasteiger partial charge in [0.2, 0.25) is 0 Å². The van der Waals surface area contributed by atoms with Crippen molar-refractivity contribution >= 4 is 28.1 Å². The fourth-order valence-corrected chi connectivity index (χ4v) is 6.54. The first kappa shape index (κ1) is 29.6. The molecular weight excluding hydrogens is 746 g/mol. The van der Waals surface area contributed by atoms with Crippen LogP contribution >= 0.6 is 0 Å². The number of phenolic OH excluding ortho intramolecular Hbond substituents is 1. The Labute approximate surface area is 283 Å². The number of rotatable bonds is 4. The summed E-state index contributed by atoms with van der Waals surface area (Å²) < 4.78 is 0. The average molecular weight is 776 g/mol. The van der Waals surface area contributed by atoms with Gasteiger partial charge in [-0.1, -0.05) is 116 Å². The molecule has 7 aromatic rings. The summed E-state index contributed by atoms with van der Waals surface area (Å²) in [7, 11) is 0. The summed E-state index contributed by atoms with van der Waals surface area (Å²) in [4.78, 5) is 12.1. The number of pyridine rings is 2. The summed E-state index contributed by atoms with van der Waals surface area (Å²) in [5, 5.41) is 12.2. The van der Waals surface area contributed by atoms with E-state index in [1.165, 1.54) is 5.56 Å². The summed E-state index contributed by atoms with van der Waals surface area (Å²) >= 11 is 0. The van der Waals surface area contributed by atoms with Crippen LogP contribution in [0.3, 0.4) is 0 Å². The van der Waals surface area contributed by atoms with Crippen molar-refractivity contribution < 1.29 is 26.2 Å². The Bertz CT molecular complexity index is 2210. The van der Waals surface area contributed by atoms with E-state index in [2.05, 4.69) is 97.6 Å². The van der Waals surface area contributed by atoms with Crippen molar-refractivity contribution in [3.05, 3.63) is 157 Å². The summed E-state index contributed by atoms with van der Waals surface area (Å²) in [5.41, 5.74) is 10.3. The monoisotopic (exact) mass is 775 g/mol. The largest absolute Gasteiger partial charge is 0.505 e. The molecule has 0 bridgehead atoms. The Morgan fingerprint density at radius 3 is 2.15 bits per heavy atom. The number of fused-ring (bicyclic) bond motifs is 3. The van der Waals surface area contributed by atoms with Crippen LogP contribution in [-0.4, -0.2) is 15.1 Å². The molecular formula is C41H30N3OPt-. The van der Waals surface area contributed by atoms with Gasteiger partial charge in [0.1, 0.15) is 17.1 Å². The number of nitrogens with zero attached hydrogens (tertiary/aromatic N) is 3. The minimum Gasteiger partial charge on any atom is -0.505 e. The van der Waals surface area contributed by atoms with Gasteiger partial charge >= 0.3 is 0 Å². The van der Waals surface area contributed by atoms with Gasteiger partial charge in [0.15, 0.2) is 0 Å². The van der Waals surface area contributed by atoms with Crippen molar-refractivity contribution in [2.45, 2.75) is 19.3 Å². The van der Waals surface area contributed by atoms with Gasteiger partial charge in [-0.2, -0.15) is 0 Å². The number of hydrogen-bond acceptors (Lipinski definition) is 4. The molecule has 2 aromatic heterocycles. The van der Waals surface area contributed by atoms with E-state index in [-0.39, 0.29) is 32.2 Å². The van der Waals surface area contributed by atoms with Gasteiger partial charge in [-0.25, -0.2) is 4.98 Å². The number of anilines is 3. The van der Waals surface area contributed by atoms with Crippen LogP contribution in [0, 0.1) is 6.07 Å². The quantitative estimate of drug-likeness (QED) is 0.181. The predicted octanol–water partition coefficient (Wildman–Crippen LogP) is 10.2. The molecule has 1 aliphatic heterocycles. The minimum absolute atomic E-state index is 0. The summed E-state index contributed by atoms with van der Waals surface area (Å²) in [5.74, 6) is 1.00. The molecule has 0 radical (unpaired) electrons. The fourth-order valence-electron chi connectivity index (χ4n) is 6.54. The van der Waals surface area contributed by atoms with Crippen LogP contribution in [0.1, 0.15) is 25.0 Å². The van der Waals surface area contributed by atoms with E-state index in [4.69, 9.17) is 9.97 Å². The molecule has 0 amide bonds. The smallest absolute Gasteiger partial charge is 0.148 e. The first-order valence-electron chi connectivity index (χ1n) is 15.2. The van der Waals surface area contributed by atoms with Crippen molar-refractivity contribution in [1.29, 1.82) is 0 Å². The molecule has 46 heavy (non-hydrogen) atoms. The van der Waals surface area contributed by atoms with Gasteiger partial charge in [0.25, 0.3) is 0 Å². The van der Waals surface area contributed by atoms with Gasteiger partial charge < -0.3 is 10.0 Å². The Morgan fingerprint density at radius 1 is 0.674 bits per heavy atom. The second-order valence-corrected chi connectivity index (χ2v) is 12.0. The molecule has 226 valence electrons. The standard InChI is InChI=1S/C41H30N3O.Pt/c1-41(2)33-15-9-10-16-36(33)44(38-26-30(23-24-42-38)27-11-5-3-6-12-27)37-25-31(18-21-34(37)41)35-22-19-29-17-20-32(40(45)39(29)43-35)28-13-7-4-8-14-28;/h3-24,26,45H,1-2H3;/q-1;. The van der Waals surface area contributed by atoms with Crippen LogP contribution in [0.5, 0.6) is 5.75 Å². The van der Waals surface area contributed by atoms with Crippen LogP contribution < -0.4 is 4.90 Å². The fraction of sp³-hybridized carbons (Fsp3) is 0.0732. The van der Waals surface area contributed by atoms with Crippen LogP contribution in [0.2, 0.25) is 0 Å². The van der Waals surface area contributed by atoms with Gasteiger partial charge in [0.05, 0.1) is 0 Å². The molecule has 0 atom stereocenters. The molecule has 5 aromatic carbocycles. The number of para-hydroxylation sites is 1. The van der Waals surface area contributed by atoms with Crippen LogP contribution in [0.15, 0.2) is 140 Å². The second-order valence-electron chi connectivity index (χ2n) is 12.0. The average Bonchev–Trinajstić information content (AvgIpc) is 3.09. The molecule has 0 spiro atoms. The SMILES string of the molecule is CC1(C)c2ccc(-c3ccc4ccc(-c5ccccc5)c(O)c4n3)[c-]c2N(c2cc(-c3ccccc3)ccn2)c2ccccc21.[Pt]. The molecule has 8 rings (SSSR count). The molecule has 1 N–H and O–H groups in total. The molecule has 1 aliphatic rings. The summed E-state index contributed by atoms with van der Waals surface area (Å²) in [6.45, 7) is 4.53. The molecule has 0 fully saturated rings.